The summed E-state index contributed by atoms with van der Waals surface area (Å²) in [7, 11) is 0. The molecule has 2 fully saturated rings. The Morgan fingerprint density at radius 2 is 1.68 bits per heavy atom. The normalized spacial score (nSPS) is 17.6. The lowest BCUT2D eigenvalue weighted by atomic mass is 10.1. The van der Waals surface area contributed by atoms with Crippen molar-refractivity contribution in [2.45, 2.75) is 19.3 Å². The number of piperazine rings is 1. The van der Waals surface area contributed by atoms with Crippen LogP contribution in [0.15, 0.2) is 30.6 Å². The summed E-state index contributed by atoms with van der Waals surface area (Å²) < 4.78 is 1.57. The van der Waals surface area contributed by atoms with E-state index in [-0.39, 0.29) is 17.7 Å². The van der Waals surface area contributed by atoms with Gasteiger partial charge in [0, 0.05) is 32.1 Å². The average Bonchev–Trinajstić information content (AvgIpc) is 3.36. The van der Waals surface area contributed by atoms with Crippen molar-refractivity contribution >= 4 is 11.8 Å². The quantitative estimate of drug-likeness (QED) is 0.798. The second kappa shape index (κ2) is 6.62. The Hall–Kier alpha value is -2.77. The van der Waals surface area contributed by atoms with Gasteiger partial charge in [-0.3, -0.25) is 9.59 Å². The van der Waals surface area contributed by atoms with Crippen LogP contribution in [-0.2, 0) is 16.0 Å². The Bertz CT molecular complexity index is 746. The predicted octanol–water partition coefficient (Wildman–Crippen LogP) is 0.286. The second-order valence-corrected chi connectivity index (χ2v) is 6.58. The van der Waals surface area contributed by atoms with Gasteiger partial charge in [-0.1, -0.05) is 12.1 Å². The van der Waals surface area contributed by atoms with E-state index < -0.39 is 0 Å². The van der Waals surface area contributed by atoms with Crippen molar-refractivity contribution in [1.82, 2.24) is 30.0 Å². The molecule has 25 heavy (non-hydrogen) atoms. The van der Waals surface area contributed by atoms with E-state index in [1.165, 1.54) is 6.33 Å². The highest BCUT2D eigenvalue weighted by Gasteiger charge is 2.35. The number of carbonyl (C=O) groups excluding carboxylic acids is 2. The highest BCUT2D eigenvalue weighted by molar-refractivity contribution is 5.82. The Morgan fingerprint density at radius 1 is 1.00 bits per heavy atom. The molecule has 2 amide bonds. The average molecular weight is 340 g/mol. The van der Waals surface area contributed by atoms with Crippen LogP contribution < -0.4 is 0 Å². The summed E-state index contributed by atoms with van der Waals surface area (Å²) in [6, 6.07) is 7.62. The van der Waals surface area contributed by atoms with Gasteiger partial charge in [-0.2, -0.15) is 0 Å². The van der Waals surface area contributed by atoms with Gasteiger partial charge in [-0.15, -0.1) is 5.10 Å². The third-order valence-electron chi connectivity index (χ3n) is 4.78. The zero-order valence-electron chi connectivity index (χ0n) is 13.9. The monoisotopic (exact) mass is 340 g/mol. The van der Waals surface area contributed by atoms with Crippen LogP contribution in [0.1, 0.15) is 18.4 Å². The van der Waals surface area contributed by atoms with E-state index in [9.17, 15) is 9.59 Å². The summed E-state index contributed by atoms with van der Waals surface area (Å²) in [5.41, 5.74) is 1.81. The van der Waals surface area contributed by atoms with Gasteiger partial charge in [0.1, 0.15) is 6.33 Å². The first-order valence-corrected chi connectivity index (χ1v) is 8.59. The fraction of sp³-hybridized carbons (Fsp3) is 0.471. The summed E-state index contributed by atoms with van der Waals surface area (Å²) >= 11 is 0. The number of hydrogen-bond donors (Lipinski definition) is 0. The first-order chi connectivity index (χ1) is 12.2. The summed E-state index contributed by atoms with van der Waals surface area (Å²) in [6.45, 7) is 2.55. The van der Waals surface area contributed by atoms with E-state index in [4.69, 9.17) is 0 Å². The predicted molar refractivity (Wildman–Crippen MR) is 88.7 cm³/mol. The summed E-state index contributed by atoms with van der Waals surface area (Å²) in [4.78, 5) is 28.3. The van der Waals surface area contributed by atoms with E-state index in [2.05, 4.69) is 15.5 Å². The summed E-state index contributed by atoms with van der Waals surface area (Å²) in [5.74, 6) is 0.625. The van der Waals surface area contributed by atoms with E-state index in [1.807, 2.05) is 34.1 Å². The molecular weight excluding hydrogens is 320 g/mol. The third kappa shape index (κ3) is 3.52. The fourth-order valence-electron chi connectivity index (χ4n) is 3.10. The van der Waals surface area contributed by atoms with Gasteiger partial charge in [0.25, 0.3) is 0 Å². The largest absolute Gasteiger partial charge is 0.339 e. The van der Waals surface area contributed by atoms with E-state index in [0.717, 1.165) is 24.1 Å². The zero-order chi connectivity index (χ0) is 17.2. The SMILES string of the molecule is O=C(Cc1ccc(-n2cnnn2)cc1)N1CCN(C(=O)C2CC2)CC1. The van der Waals surface area contributed by atoms with Gasteiger partial charge in [-0.05, 0) is 41.0 Å². The Kier molecular flexibility index (Phi) is 4.17. The number of carbonyl (C=O) groups is 2. The number of benzene rings is 1. The standard InChI is InChI=1S/C17H20N6O2/c24-16(21-7-9-22(10-8-21)17(25)14-3-4-14)11-13-1-5-15(6-2-13)23-12-18-19-20-23/h1-2,5-6,12,14H,3-4,7-11H2. The third-order valence-corrected chi connectivity index (χ3v) is 4.78. The molecule has 1 aromatic carbocycles. The van der Waals surface area contributed by atoms with Gasteiger partial charge in [0.15, 0.2) is 0 Å². The lowest BCUT2D eigenvalue weighted by molar-refractivity contribution is -0.140. The molecule has 0 bridgehead atoms. The van der Waals surface area contributed by atoms with Crippen LogP contribution in [0.4, 0.5) is 0 Å². The molecule has 8 heteroatoms. The molecule has 2 aliphatic rings. The van der Waals surface area contributed by atoms with Crippen molar-refractivity contribution in [1.29, 1.82) is 0 Å². The molecule has 1 aromatic heterocycles. The van der Waals surface area contributed by atoms with Gasteiger partial charge in [0.05, 0.1) is 12.1 Å². The highest BCUT2D eigenvalue weighted by Crippen LogP contribution is 2.31. The lowest BCUT2D eigenvalue weighted by Gasteiger charge is -2.35. The molecule has 0 radical (unpaired) electrons. The van der Waals surface area contributed by atoms with Crippen LogP contribution >= 0.6 is 0 Å². The molecular formula is C17H20N6O2. The topological polar surface area (TPSA) is 84.2 Å². The molecule has 0 atom stereocenters. The molecule has 0 N–H and O–H groups in total. The maximum absolute atomic E-state index is 12.5. The van der Waals surface area contributed by atoms with Gasteiger partial charge in [0.2, 0.25) is 11.8 Å². The van der Waals surface area contributed by atoms with Crippen molar-refractivity contribution in [3.8, 4) is 5.69 Å². The van der Waals surface area contributed by atoms with Gasteiger partial charge < -0.3 is 9.80 Å². The fourth-order valence-corrected chi connectivity index (χ4v) is 3.10. The van der Waals surface area contributed by atoms with Crippen molar-refractivity contribution < 1.29 is 9.59 Å². The minimum Gasteiger partial charge on any atom is -0.339 e. The molecule has 2 aromatic rings. The van der Waals surface area contributed by atoms with Crippen LogP contribution in [0.25, 0.3) is 5.69 Å². The number of nitrogens with zero attached hydrogens (tertiary/aromatic N) is 6. The minimum atomic E-state index is 0.105. The Balaban J connectivity index is 1.31. The van der Waals surface area contributed by atoms with Crippen LogP contribution in [-0.4, -0.2) is 68.0 Å². The molecule has 0 spiro atoms. The van der Waals surface area contributed by atoms with E-state index in [1.54, 1.807) is 4.68 Å². The smallest absolute Gasteiger partial charge is 0.227 e. The van der Waals surface area contributed by atoms with Crippen molar-refractivity contribution in [2.75, 3.05) is 26.2 Å². The van der Waals surface area contributed by atoms with E-state index >= 15 is 0 Å². The number of hydrogen-bond acceptors (Lipinski definition) is 5. The molecule has 1 saturated heterocycles. The zero-order valence-corrected chi connectivity index (χ0v) is 13.9. The number of rotatable bonds is 4. The molecule has 0 unspecified atom stereocenters. The molecule has 130 valence electrons. The maximum Gasteiger partial charge on any atom is 0.227 e. The van der Waals surface area contributed by atoms with Crippen molar-refractivity contribution in [2.24, 2.45) is 5.92 Å². The highest BCUT2D eigenvalue weighted by atomic mass is 16.2. The molecule has 1 saturated carbocycles. The Morgan fingerprint density at radius 3 is 2.28 bits per heavy atom. The molecule has 8 nitrogen and oxygen atoms in total. The van der Waals surface area contributed by atoms with Gasteiger partial charge >= 0.3 is 0 Å². The summed E-state index contributed by atoms with van der Waals surface area (Å²) in [6.07, 6.45) is 3.95. The second-order valence-electron chi connectivity index (χ2n) is 6.58. The van der Waals surface area contributed by atoms with Crippen molar-refractivity contribution in [3.63, 3.8) is 0 Å². The van der Waals surface area contributed by atoms with Crippen LogP contribution in [0, 0.1) is 5.92 Å². The van der Waals surface area contributed by atoms with Crippen molar-refractivity contribution in [3.05, 3.63) is 36.2 Å². The first kappa shape index (κ1) is 15.7. The minimum absolute atomic E-state index is 0.105. The molecule has 2 heterocycles. The summed E-state index contributed by atoms with van der Waals surface area (Å²) in [5, 5.41) is 11.1. The maximum atomic E-state index is 12.5. The molecule has 1 aliphatic heterocycles. The van der Waals surface area contributed by atoms with Crippen LogP contribution in [0.5, 0.6) is 0 Å². The Labute approximate surface area is 145 Å². The van der Waals surface area contributed by atoms with Crippen LogP contribution in [0.3, 0.4) is 0 Å². The number of amides is 2. The van der Waals surface area contributed by atoms with Gasteiger partial charge in [-0.25, -0.2) is 4.68 Å². The number of tetrazole rings is 1. The molecule has 4 rings (SSSR count). The number of aromatic nitrogens is 4. The lowest BCUT2D eigenvalue weighted by Crippen LogP contribution is -2.51. The molecule has 1 aliphatic carbocycles. The van der Waals surface area contributed by atoms with Crippen LogP contribution in [0.2, 0.25) is 0 Å². The van der Waals surface area contributed by atoms with E-state index in [0.29, 0.717) is 32.6 Å². The first-order valence-electron chi connectivity index (χ1n) is 8.59.